The van der Waals surface area contributed by atoms with Gasteiger partial charge in [0.25, 0.3) is 0 Å². The molecule has 0 saturated heterocycles. The quantitative estimate of drug-likeness (QED) is 0.491. The Kier molecular flexibility index (Phi) is 6.09. The topological polar surface area (TPSA) is 68.4 Å². The maximum atomic E-state index is 13.5. The van der Waals surface area contributed by atoms with E-state index < -0.39 is 29.6 Å². The lowest BCUT2D eigenvalue weighted by Gasteiger charge is -2.24. The van der Waals surface area contributed by atoms with Gasteiger partial charge in [0, 0.05) is 23.0 Å². The van der Waals surface area contributed by atoms with Crippen LogP contribution in [0.1, 0.15) is 30.9 Å². The molecule has 0 bridgehead atoms. The van der Waals surface area contributed by atoms with Crippen molar-refractivity contribution in [2.24, 2.45) is 5.92 Å². The molecule has 1 N–H and O–H groups in total. The summed E-state index contributed by atoms with van der Waals surface area (Å²) in [6, 6.07) is 13.4. The van der Waals surface area contributed by atoms with Crippen LogP contribution >= 0.6 is 0 Å². The monoisotopic (exact) mass is 383 g/mol. The van der Waals surface area contributed by atoms with Crippen molar-refractivity contribution in [2.45, 2.75) is 19.8 Å². The van der Waals surface area contributed by atoms with Crippen molar-refractivity contribution >= 4 is 22.8 Å². The van der Waals surface area contributed by atoms with E-state index in [0.29, 0.717) is 5.56 Å². The van der Waals surface area contributed by atoms with Crippen LogP contribution in [0.3, 0.4) is 0 Å². The molecule has 1 atom stereocenters. The average molecular weight is 383 g/mol. The van der Waals surface area contributed by atoms with Gasteiger partial charge in [-0.05, 0) is 43.2 Å². The smallest absolute Gasteiger partial charge is 0.321 e. The van der Waals surface area contributed by atoms with Crippen molar-refractivity contribution in [1.82, 2.24) is 4.98 Å². The molecular weight excluding hydrogens is 361 g/mol. The lowest BCUT2D eigenvalue weighted by molar-refractivity contribution is -0.162. The van der Waals surface area contributed by atoms with Crippen LogP contribution in [0, 0.1) is 11.7 Å². The molecule has 1 aromatic heterocycles. The number of fused-ring (bicyclic) bond motifs is 1. The largest absolute Gasteiger partial charge is 0.465 e. The predicted molar refractivity (Wildman–Crippen MR) is 103 cm³/mol. The molecule has 0 aliphatic rings. The Balaban J connectivity index is 2.19. The number of aromatic nitrogens is 1. The van der Waals surface area contributed by atoms with Crippen molar-refractivity contribution in [2.75, 3.05) is 13.2 Å². The first kappa shape index (κ1) is 19.6. The van der Waals surface area contributed by atoms with E-state index in [1.54, 1.807) is 32.2 Å². The molecule has 0 spiro atoms. The SMILES string of the molecule is CCOC(=O)C(C(=O)OCC)[C@@H](c1ccc(F)cc1)c1c[nH]c2ccccc12. The van der Waals surface area contributed by atoms with Gasteiger partial charge < -0.3 is 14.5 Å². The Morgan fingerprint density at radius 3 is 2.18 bits per heavy atom. The van der Waals surface area contributed by atoms with Crippen LogP contribution < -0.4 is 0 Å². The Labute approximate surface area is 162 Å². The van der Waals surface area contributed by atoms with Gasteiger partial charge in [0.1, 0.15) is 5.82 Å². The summed E-state index contributed by atoms with van der Waals surface area (Å²) < 4.78 is 23.9. The van der Waals surface area contributed by atoms with Gasteiger partial charge in [0.05, 0.1) is 13.2 Å². The summed E-state index contributed by atoms with van der Waals surface area (Å²) in [5.74, 6) is -3.62. The Hall–Kier alpha value is -3.15. The molecule has 0 aliphatic heterocycles. The number of carbonyl (C=O) groups is 2. The second-order valence-electron chi connectivity index (χ2n) is 6.30. The second kappa shape index (κ2) is 8.69. The molecular formula is C22H22FNO4. The molecule has 0 amide bonds. The van der Waals surface area contributed by atoms with Gasteiger partial charge in [0.2, 0.25) is 0 Å². The number of carbonyl (C=O) groups excluding carboxylic acids is 2. The summed E-state index contributed by atoms with van der Waals surface area (Å²) in [4.78, 5) is 28.7. The maximum Gasteiger partial charge on any atom is 0.321 e. The molecule has 0 unspecified atom stereocenters. The first-order chi connectivity index (χ1) is 13.6. The molecule has 146 valence electrons. The number of halogens is 1. The molecule has 0 fully saturated rings. The van der Waals surface area contributed by atoms with Crippen LogP contribution in [-0.2, 0) is 19.1 Å². The molecule has 6 heteroatoms. The fourth-order valence-electron chi connectivity index (χ4n) is 3.41. The number of benzene rings is 2. The van der Waals surface area contributed by atoms with Crippen LogP contribution in [0.15, 0.2) is 54.7 Å². The summed E-state index contributed by atoms with van der Waals surface area (Å²) in [5.41, 5.74) is 2.24. The number of hydrogen-bond acceptors (Lipinski definition) is 4. The van der Waals surface area contributed by atoms with E-state index in [1.807, 2.05) is 24.3 Å². The molecule has 0 saturated carbocycles. The number of hydrogen-bond donors (Lipinski definition) is 1. The predicted octanol–water partition coefficient (Wildman–Crippen LogP) is 4.18. The fraction of sp³-hybridized carbons (Fsp3) is 0.273. The third kappa shape index (κ3) is 3.91. The lowest BCUT2D eigenvalue weighted by Crippen LogP contribution is -2.34. The third-order valence-electron chi connectivity index (χ3n) is 4.60. The summed E-state index contributed by atoms with van der Waals surface area (Å²) in [7, 11) is 0. The van der Waals surface area contributed by atoms with Crippen LogP contribution in [0.5, 0.6) is 0 Å². The minimum Gasteiger partial charge on any atom is -0.465 e. The molecule has 3 rings (SSSR count). The summed E-state index contributed by atoms with van der Waals surface area (Å²) >= 11 is 0. The number of H-pyrrole nitrogens is 1. The number of nitrogens with one attached hydrogen (secondary N) is 1. The van der Waals surface area contributed by atoms with Gasteiger partial charge >= 0.3 is 11.9 Å². The minimum atomic E-state index is -1.20. The standard InChI is InChI=1S/C22H22FNO4/c1-3-27-21(25)20(22(26)28-4-2)19(14-9-11-15(23)12-10-14)17-13-24-18-8-6-5-7-16(17)18/h5-13,19-20,24H,3-4H2,1-2H3/t19-/m0/s1. The Morgan fingerprint density at radius 1 is 0.964 bits per heavy atom. The van der Waals surface area contributed by atoms with Crippen LogP contribution in [0.4, 0.5) is 4.39 Å². The van der Waals surface area contributed by atoms with Crippen molar-refractivity contribution in [3.05, 3.63) is 71.7 Å². The van der Waals surface area contributed by atoms with Gasteiger partial charge in [-0.3, -0.25) is 9.59 Å². The van der Waals surface area contributed by atoms with Crippen molar-refractivity contribution in [3.8, 4) is 0 Å². The molecule has 0 aliphatic carbocycles. The van der Waals surface area contributed by atoms with E-state index in [9.17, 15) is 14.0 Å². The molecule has 28 heavy (non-hydrogen) atoms. The fourth-order valence-corrected chi connectivity index (χ4v) is 3.41. The molecule has 2 aromatic carbocycles. The van der Waals surface area contributed by atoms with Gasteiger partial charge in [-0.1, -0.05) is 30.3 Å². The van der Waals surface area contributed by atoms with Gasteiger partial charge in [0.15, 0.2) is 5.92 Å². The highest BCUT2D eigenvalue weighted by Gasteiger charge is 2.40. The Bertz CT molecular complexity index is 946. The zero-order valence-electron chi connectivity index (χ0n) is 15.8. The summed E-state index contributed by atoms with van der Waals surface area (Å²) in [6.07, 6.45) is 1.77. The third-order valence-corrected chi connectivity index (χ3v) is 4.60. The molecule has 0 radical (unpaired) electrons. The normalized spacial score (nSPS) is 12.1. The molecule has 3 aromatic rings. The van der Waals surface area contributed by atoms with Gasteiger partial charge in [-0.25, -0.2) is 4.39 Å². The highest BCUT2D eigenvalue weighted by Crippen LogP contribution is 2.38. The van der Waals surface area contributed by atoms with E-state index in [-0.39, 0.29) is 13.2 Å². The highest BCUT2D eigenvalue weighted by atomic mass is 19.1. The number of esters is 2. The Morgan fingerprint density at radius 2 is 1.57 bits per heavy atom. The molecule has 5 nitrogen and oxygen atoms in total. The van der Waals surface area contributed by atoms with Crippen LogP contribution in [-0.4, -0.2) is 30.1 Å². The number of para-hydroxylation sites is 1. The van der Waals surface area contributed by atoms with Crippen LogP contribution in [0.2, 0.25) is 0 Å². The number of aromatic amines is 1. The second-order valence-corrected chi connectivity index (χ2v) is 6.30. The summed E-state index contributed by atoms with van der Waals surface area (Å²) in [5, 5.41) is 0.871. The van der Waals surface area contributed by atoms with E-state index >= 15 is 0 Å². The van der Waals surface area contributed by atoms with Crippen molar-refractivity contribution in [1.29, 1.82) is 0 Å². The van der Waals surface area contributed by atoms with Crippen LogP contribution in [0.25, 0.3) is 10.9 Å². The highest BCUT2D eigenvalue weighted by molar-refractivity contribution is 5.98. The lowest BCUT2D eigenvalue weighted by atomic mass is 9.80. The van der Waals surface area contributed by atoms with Crippen molar-refractivity contribution < 1.29 is 23.5 Å². The van der Waals surface area contributed by atoms with Crippen molar-refractivity contribution in [3.63, 3.8) is 0 Å². The van der Waals surface area contributed by atoms with E-state index in [4.69, 9.17) is 9.47 Å². The molecule has 1 heterocycles. The minimum absolute atomic E-state index is 0.138. The van der Waals surface area contributed by atoms with E-state index in [2.05, 4.69) is 4.98 Å². The van der Waals surface area contributed by atoms with E-state index in [1.165, 1.54) is 12.1 Å². The zero-order valence-corrected chi connectivity index (χ0v) is 15.8. The average Bonchev–Trinajstić information content (AvgIpc) is 3.11. The first-order valence-electron chi connectivity index (χ1n) is 9.21. The van der Waals surface area contributed by atoms with E-state index in [0.717, 1.165) is 16.5 Å². The summed E-state index contributed by atoms with van der Waals surface area (Å²) in [6.45, 7) is 3.63. The first-order valence-corrected chi connectivity index (χ1v) is 9.21. The maximum absolute atomic E-state index is 13.5. The zero-order chi connectivity index (χ0) is 20.1. The number of rotatable bonds is 7. The number of ether oxygens (including phenoxy) is 2. The van der Waals surface area contributed by atoms with Gasteiger partial charge in [-0.15, -0.1) is 0 Å². The van der Waals surface area contributed by atoms with Gasteiger partial charge in [-0.2, -0.15) is 0 Å².